The molecule has 0 saturated heterocycles. The number of rotatable bonds is 7. The standard InChI is InChI=1S/C21H30N6S/c1-5-26(6-2)12-11-22-19-18-16-9-7-8-10-17(16)28-20(18)24-21(23-19)27-15(4)13-14(3)25-27/h13H,5-12H2,1-4H3,(H,22,23,24)/p+1. The van der Waals surface area contributed by atoms with E-state index in [1.807, 2.05) is 22.9 Å². The van der Waals surface area contributed by atoms with Crippen molar-refractivity contribution in [1.82, 2.24) is 19.7 Å². The Morgan fingerprint density at radius 2 is 1.93 bits per heavy atom. The van der Waals surface area contributed by atoms with Crippen LogP contribution in [-0.2, 0) is 12.8 Å². The van der Waals surface area contributed by atoms with Gasteiger partial charge in [-0.05, 0) is 65.0 Å². The number of fused-ring (bicyclic) bond motifs is 3. The molecule has 0 saturated carbocycles. The zero-order valence-corrected chi connectivity index (χ0v) is 18.2. The Bertz CT molecular complexity index is 969. The maximum Gasteiger partial charge on any atom is 0.254 e. The fourth-order valence-electron chi connectivity index (χ4n) is 4.16. The smallest absolute Gasteiger partial charge is 0.254 e. The Kier molecular flexibility index (Phi) is 5.64. The van der Waals surface area contributed by atoms with E-state index >= 15 is 0 Å². The van der Waals surface area contributed by atoms with E-state index in [1.165, 1.54) is 35.1 Å². The maximum atomic E-state index is 4.95. The highest BCUT2D eigenvalue weighted by atomic mass is 32.1. The Labute approximate surface area is 171 Å². The van der Waals surface area contributed by atoms with Crippen LogP contribution in [0.3, 0.4) is 0 Å². The first-order chi connectivity index (χ1) is 13.6. The number of thiophene rings is 1. The predicted octanol–water partition coefficient (Wildman–Crippen LogP) is 2.71. The van der Waals surface area contributed by atoms with Crippen LogP contribution in [0.2, 0.25) is 0 Å². The van der Waals surface area contributed by atoms with Gasteiger partial charge in [-0.3, -0.25) is 0 Å². The molecule has 0 unspecified atom stereocenters. The third-order valence-corrected chi connectivity index (χ3v) is 6.96. The Morgan fingerprint density at radius 3 is 2.64 bits per heavy atom. The van der Waals surface area contributed by atoms with Crippen molar-refractivity contribution in [1.29, 1.82) is 0 Å². The summed E-state index contributed by atoms with van der Waals surface area (Å²) in [6.07, 6.45) is 4.87. The van der Waals surface area contributed by atoms with E-state index in [9.17, 15) is 0 Å². The molecule has 0 fully saturated rings. The molecule has 4 rings (SSSR count). The van der Waals surface area contributed by atoms with E-state index < -0.39 is 0 Å². The van der Waals surface area contributed by atoms with E-state index in [-0.39, 0.29) is 0 Å². The summed E-state index contributed by atoms with van der Waals surface area (Å²) in [5.74, 6) is 1.66. The van der Waals surface area contributed by atoms with Crippen LogP contribution < -0.4 is 10.2 Å². The fraction of sp³-hybridized carbons (Fsp3) is 0.571. The molecule has 0 aliphatic heterocycles. The average molecular weight is 400 g/mol. The predicted molar refractivity (Wildman–Crippen MR) is 116 cm³/mol. The van der Waals surface area contributed by atoms with Gasteiger partial charge in [0.15, 0.2) is 0 Å². The second-order valence-electron chi connectivity index (χ2n) is 7.74. The molecule has 6 nitrogen and oxygen atoms in total. The molecule has 7 heteroatoms. The minimum absolute atomic E-state index is 0.675. The molecule has 0 atom stereocenters. The van der Waals surface area contributed by atoms with Crippen molar-refractivity contribution in [2.45, 2.75) is 53.4 Å². The lowest BCUT2D eigenvalue weighted by molar-refractivity contribution is -0.894. The number of anilines is 1. The Balaban J connectivity index is 1.75. The van der Waals surface area contributed by atoms with Crippen molar-refractivity contribution in [2.24, 2.45) is 0 Å². The van der Waals surface area contributed by atoms with Gasteiger partial charge in [0.25, 0.3) is 5.95 Å². The van der Waals surface area contributed by atoms with E-state index in [1.54, 1.807) is 4.90 Å². The van der Waals surface area contributed by atoms with E-state index in [0.29, 0.717) is 5.95 Å². The quantitative estimate of drug-likeness (QED) is 0.641. The van der Waals surface area contributed by atoms with Crippen LogP contribution in [0.15, 0.2) is 6.07 Å². The molecule has 0 spiro atoms. The van der Waals surface area contributed by atoms with Gasteiger partial charge in [-0.1, -0.05) is 0 Å². The molecule has 1 aliphatic rings. The summed E-state index contributed by atoms with van der Waals surface area (Å²) in [5, 5.41) is 9.51. The number of nitrogens with one attached hydrogen (secondary N) is 2. The number of aromatic nitrogens is 4. The molecule has 3 heterocycles. The van der Waals surface area contributed by atoms with Crippen molar-refractivity contribution in [2.75, 3.05) is 31.5 Å². The van der Waals surface area contributed by atoms with Crippen LogP contribution in [0.25, 0.3) is 16.2 Å². The van der Waals surface area contributed by atoms with Crippen LogP contribution >= 0.6 is 11.3 Å². The fourth-order valence-corrected chi connectivity index (χ4v) is 5.42. The van der Waals surface area contributed by atoms with Gasteiger partial charge >= 0.3 is 0 Å². The highest BCUT2D eigenvalue weighted by molar-refractivity contribution is 7.19. The summed E-state index contributed by atoms with van der Waals surface area (Å²) in [7, 11) is 0. The zero-order valence-electron chi connectivity index (χ0n) is 17.4. The topological polar surface area (TPSA) is 60.1 Å². The Morgan fingerprint density at radius 1 is 1.14 bits per heavy atom. The molecule has 1 aliphatic carbocycles. The lowest BCUT2D eigenvalue weighted by Crippen LogP contribution is -3.12. The van der Waals surface area contributed by atoms with Gasteiger partial charge in [0.1, 0.15) is 10.6 Å². The molecule has 3 aromatic rings. The first kappa shape index (κ1) is 19.3. The number of likely N-dealkylation sites (N-methyl/N-ethyl adjacent to an activating group) is 1. The molecule has 0 bridgehead atoms. The van der Waals surface area contributed by atoms with Gasteiger partial charge in [-0.25, -0.2) is 4.68 Å². The summed E-state index contributed by atoms with van der Waals surface area (Å²) in [6.45, 7) is 12.9. The normalized spacial score (nSPS) is 14.0. The number of quaternary nitrogens is 1. The van der Waals surface area contributed by atoms with Gasteiger partial charge in [0.05, 0.1) is 37.3 Å². The third kappa shape index (κ3) is 3.65. The Hall–Kier alpha value is -1.99. The first-order valence-corrected chi connectivity index (χ1v) is 11.4. The van der Waals surface area contributed by atoms with Gasteiger partial charge < -0.3 is 10.2 Å². The van der Waals surface area contributed by atoms with Crippen molar-refractivity contribution in [3.63, 3.8) is 0 Å². The largest absolute Gasteiger partial charge is 0.364 e. The van der Waals surface area contributed by atoms with E-state index in [2.05, 4.69) is 37.3 Å². The average Bonchev–Trinajstić information content (AvgIpc) is 3.24. The number of hydrogen-bond acceptors (Lipinski definition) is 5. The van der Waals surface area contributed by atoms with Crippen molar-refractivity contribution >= 4 is 27.4 Å². The SMILES string of the molecule is CC[NH+](CC)CCNc1nc(-n2nc(C)cc2C)nc2sc3c(c12)CCCC3. The molecule has 3 aromatic heterocycles. The number of nitrogens with zero attached hydrogens (tertiary/aromatic N) is 4. The van der Waals surface area contributed by atoms with Crippen LogP contribution in [0.4, 0.5) is 5.82 Å². The highest BCUT2D eigenvalue weighted by Gasteiger charge is 2.22. The van der Waals surface area contributed by atoms with Crippen molar-refractivity contribution < 1.29 is 4.90 Å². The van der Waals surface area contributed by atoms with Gasteiger partial charge in [-0.15, -0.1) is 11.3 Å². The summed E-state index contributed by atoms with van der Waals surface area (Å²) in [4.78, 5) is 14.1. The van der Waals surface area contributed by atoms with Crippen LogP contribution in [0.5, 0.6) is 0 Å². The molecule has 2 N–H and O–H groups in total. The second-order valence-corrected chi connectivity index (χ2v) is 8.82. The third-order valence-electron chi connectivity index (χ3n) is 5.77. The molecule has 0 aromatic carbocycles. The van der Waals surface area contributed by atoms with Gasteiger partial charge in [0, 0.05) is 10.6 Å². The summed E-state index contributed by atoms with van der Waals surface area (Å²) in [6, 6.07) is 2.07. The van der Waals surface area contributed by atoms with E-state index in [4.69, 9.17) is 9.97 Å². The van der Waals surface area contributed by atoms with Crippen molar-refractivity contribution in [3.05, 3.63) is 27.9 Å². The number of aryl methyl sites for hydroxylation is 4. The van der Waals surface area contributed by atoms with Gasteiger partial charge in [0.2, 0.25) is 0 Å². The summed E-state index contributed by atoms with van der Waals surface area (Å²) in [5.41, 5.74) is 3.53. The van der Waals surface area contributed by atoms with E-state index in [0.717, 1.165) is 54.6 Å². The molecule has 0 radical (unpaired) electrons. The molecular weight excluding hydrogens is 368 g/mol. The molecule has 28 heavy (non-hydrogen) atoms. The first-order valence-electron chi connectivity index (χ1n) is 10.5. The van der Waals surface area contributed by atoms with Gasteiger partial charge in [-0.2, -0.15) is 15.1 Å². The monoisotopic (exact) mass is 399 g/mol. The molecule has 150 valence electrons. The maximum absolute atomic E-state index is 4.95. The zero-order chi connectivity index (χ0) is 19.7. The molecular formula is C21H31N6S+. The summed E-state index contributed by atoms with van der Waals surface area (Å²) < 4.78 is 1.87. The highest BCUT2D eigenvalue weighted by Crippen LogP contribution is 2.38. The van der Waals surface area contributed by atoms with Crippen LogP contribution in [0.1, 0.15) is 48.5 Å². The second kappa shape index (κ2) is 8.17. The number of hydrogen-bond donors (Lipinski definition) is 2. The minimum Gasteiger partial charge on any atom is -0.364 e. The molecule has 0 amide bonds. The van der Waals surface area contributed by atoms with Crippen molar-refractivity contribution in [3.8, 4) is 5.95 Å². The minimum atomic E-state index is 0.675. The lowest BCUT2D eigenvalue weighted by atomic mass is 9.97. The summed E-state index contributed by atoms with van der Waals surface area (Å²) >= 11 is 1.85. The van der Waals surface area contributed by atoms with Crippen LogP contribution in [0, 0.1) is 13.8 Å². The van der Waals surface area contributed by atoms with Crippen LogP contribution in [-0.4, -0.2) is 45.9 Å². The lowest BCUT2D eigenvalue weighted by Gasteiger charge is -2.17.